The van der Waals surface area contributed by atoms with Gasteiger partial charge in [0.15, 0.2) is 0 Å². The normalized spacial score (nSPS) is 9.80. The highest BCUT2D eigenvalue weighted by molar-refractivity contribution is 5.94. The Kier molecular flexibility index (Phi) is 3.53. The van der Waals surface area contributed by atoms with Crippen molar-refractivity contribution in [3.8, 4) is 6.07 Å². The van der Waals surface area contributed by atoms with E-state index in [1.807, 2.05) is 0 Å². The first kappa shape index (κ1) is 13.4. The van der Waals surface area contributed by atoms with Gasteiger partial charge in [-0.15, -0.1) is 0 Å². The number of hydrogen-bond acceptors (Lipinski definition) is 5. The first-order chi connectivity index (χ1) is 9.52. The Morgan fingerprint density at radius 2 is 2.20 bits per heavy atom. The van der Waals surface area contributed by atoms with Crippen molar-refractivity contribution < 1.29 is 9.90 Å². The van der Waals surface area contributed by atoms with Gasteiger partial charge in [0.25, 0.3) is 0 Å². The van der Waals surface area contributed by atoms with Crippen LogP contribution in [0.1, 0.15) is 15.9 Å². The fourth-order valence-corrected chi connectivity index (χ4v) is 1.74. The first-order valence-electron chi connectivity index (χ1n) is 5.75. The molecule has 6 nitrogen and oxygen atoms in total. The van der Waals surface area contributed by atoms with Crippen LogP contribution in [0, 0.1) is 11.3 Å². The highest BCUT2D eigenvalue weighted by Crippen LogP contribution is 2.24. The maximum Gasteiger partial charge on any atom is 0.337 e. The van der Waals surface area contributed by atoms with E-state index in [1.165, 1.54) is 12.3 Å². The van der Waals surface area contributed by atoms with E-state index in [0.717, 1.165) is 5.69 Å². The summed E-state index contributed by atoms with van der Waals surface area (Å²) >= 11 is 0. The quantitative estimate of drug-likeness (QED) is 0.882. The minimum atomic E-state index is -1.11. The smallest absolute Gasteiger partial charge is 0.337 e. The molecule has 0 bridgehead atoms. The topological polar surface area (TPSA) is 103 Å². The van der Waals surface area contributed by atoms with E-state index < -0.39 is 5.97 Å². The molecule has 0 aliphatic carbocycles. The predicted molar refractivity (Wildman–Crippen MR) is 74.8 cm³/mol. The molecule has 0 atom stereocenters. The number of carboxylic acid groups (broad SMARTS) is 1. The van der Waals surface area contributed by atoms with E-state index in [9.17, 15) is 4.79 Å². The van der Waals surface area contributed by atoms with Crippen LogP contribution in [0.4, 0.5) is 17.2 Å². The van der Waals surface area contributed by atoms with Crippen LogP contribution in [0.5, 0.6) is 0 Å². The van der Waals surface area contributed by atoms with Crippen LogP contribution in [0.15, 0.2) is 36.5 Å². The van der Waals surface area contributed by atoms with Crippen molar-refractivity contribution in [1.82, 2.24) is 4.98 Å². The van der Waals surface area contributed by atoms with E-state index in [4.69, 9.17) is 16.1 Å². The molecule has 6 heteroatoms. The van der Waals surface area contributed by atoms with Crippen LogP contribution in [0.25, 0.3) is 0 Å². The Morgan fingerprint density at radius 3 is 2.85 bits per heavy atom. The summed E-state index contributed by atoms with van der Waals surface area (Å²) < 4.78 is 0. The zero-order valence-electron chi connectivity index (χ0n) is 10.7. The molecule has 100 valence electrons. The number of nitrogens with two attached hydrogens (primary N) is 1. The van der Waals surface area contributed by atoms with E-state index in [1.54, 1.807) is 36.2 Å². The minimum absolute atomic E-state index is 0.00159. The largest absolute Gasteiger partial charge is 0.478 e. The lowest BCUT2D eigenvalue weighted by Crippen LogP contribution is -2.13. The van der Waals surface area contributed by atoms with Crippen molar-refractivity contribution in [3.63, 3.8) is 0 Å². The SMILES string of the molecule is CN(c1cccc(C#N)c1)c1cc(C(=O)O)c(N)cn1. The molecular weight excluding hydrogens is 256 g/mol. The van der Waals surface area contributed by atoms with Gasteiger partial charge in [0.2, 0.25) is 0 Å². The van der Waals surface area contributed by atoms with Gasteiger partial charge in [-0.2, -0.15) is 5.26 Å². The number of aromatic carboxylic acids is 1. The Morgan fingerprint density at radius 1 is 1.45 bits per heavy atom. The molecule has 0 saturated heterocycles. The molecular formula is C14H12N4O2. The van der Waals surface area contributed by atoms with Gasteiger partial charge in [0.1, 0.15) is 5.82 Å². The fourth-order valence-electron chi connectivity index (χ4n) is 1.74. The summed E-state index contributed by atoms with van der Waals surface area (Å²) in [6.45, 7) is 0. The lowest BCUT2D eigenvalue weighted by atomic mass is 10.2. The summed E-state index contributed by atoms with van der Waals surface area (Å²) in [6, 6.07) is 10.4. The standard InChI is InChI=1S/C14H12N4O2/c1-18(10-4-2-3-9(5-10)7-15)13-6-11(14(19)20)12(16)8-17-13/h2-6,8H,16H2,1H3,(H,19,20). The average Bonchev–Trinajstić information content (AvgIpc) is 2.46. The van der Waals surface area contributed by atoms with Crippen molar-refractivity contribution in [1.29, 1.82) is 5.26 Å². The monoisotopic (exact) mass is 268 g/mol. The van der Waals surface area contributed by atoms with E-state index in [-0.39, 0.29) is 11.3 Å². The molecule has 0 fully saturated rings. The number of carbonyl (C=O) groups is 1. The highest BCUT2D eigenvalue weighted by Gasteiger charge is 2.13. The van der Waals surface area contributed by atoms with Gasteiger partial charge in [0, 0.05) is 12.7 Å². The van der Waals surface area contributed by atoms with E-state index in [0.29, 0.717) is 11.4 Å². The molecule has 1 aromatic heterocycles. The lowest BCUT2D eigenvalue weighted by molar-refractivity contribution is 0.0698. The second-order valence-corrected chi connectivity index (χ2v) is 4.16. The zero-order valence-corrected chi connectivity index (χ0v) is 10.7. The summed E-state index contributed by atoms with van der Waals surface area (Å²) in [4.78, 5) is 16.9. The zero-order chi connectivity index (χ0) is 14.7. The van der Waals surface area contributed by atoms with E-state index in [2.05, 4.69) is 11.1 Å². The van der Waals surface area contributed by atoms with Crippen molar-refractivity contribution in [2.24, 2.45) is 0 Å². The Balaban J connectivity index is 2.43. The van der Waals surface area contributed by atoms with Crippen LogP contribution < -0.4 is 10.6 Å². The molecule has 0 unspecified atom stereocenters. The summed E-state index contributed by atoms with van der Waals surface area (Å²) in [6.07, 6.45) is 1.31. The van der Waals surface area contributed by atoms with Crippen LogP contribution in [-0.2, 0) is 0 Å². The number of hydrogen-bond donors (Lipinski definition) is 2. The maximum absolute atomic E-state index is 11.1. The molecule has 0 saturated carbocycles. The van der Waals surface area contributed by atoms with Gasteiger partial charge >= 0.3 is 5.97 Å². The number of pyridine rings is 1. The fraction of sp³-hybridized carbons (Fsp3) is 0.0714. The molecule has 1 heterocycles. The van der Waals surface area contributed by atoms with Gasteiger partial charge in [-0.25, -0.2) is 9.78 Å². The van der Waals surface area contributed by atoms with Crippen LogP contribution in [0.3, 0.4) is 0 Å². The highest BCUT2D eigenvalue weighted by atomic mass is 16.4. The number of aromatic nitrogens is 1. The summed E-state index contributed by atoms with van der Waals surface area (Å²) in [5.41, 5.74) is 6.93. The molecule has 0 spiro atoms. The van der Waals surface area contributed by atoms with Gasteiger partial charge in [0.05, 0.1) is 29.1 Å². The minimum Gasteiger partial charge on any atom is -0.478 e. The Bertz CT molecular complexity index is 707. The number of nitrogen functional groups attached to an aromatic ring is 1. The summed E-state index contributed by atoms with van der Waals surface area (Å²) in [7, 11) is 1.74. The van der Waals surface area contributed by atoms with E-state index >= 15 is 0 Å². The number of anilines is 3. The molecule has 2 rings (SSSR count). The van der Waals surface area contributed by atoms with Gasteiger partial charge < -0.3 is 15.7 Å². The van der Waals surface area contributed by atoms with Gasteiger partial charge in [-0.05, 0) is 24.3 Å². The molecule has 0 aliphatic rings. The average molecular weight is 268 g/mol. The number of rotatable bonds is 3. The second-order valence-electron chi connectivity index (χ2n) is 4.16. The molecule has 0 amide bonds. The maximum atomic E-state index is 11.1. The Hall–Kier alpha value is -3.07. The third-order valence-corrected chi connectivity index (χ3v) is 2.86. The summed E-state index contributed by atoms with van der Waals surface area (Å²) in [5, 5.41) is 17.9. The third kappa shape index (κ3) is 2.52. The van der Waals surface area contributed by atoms with Crippen molar-refractivity contribution >= 4 is 23.2 Å². The second kappa shape index (κ2) is 5.28. The van der Waals surface area contributed by atoms with Gasteiger partial charge in [-0.1, -0.05) is 6.07 Å². The molecule has 0 aliphatic heterocycles. The van der Waals surface area contributed by atoms with Crippen LogP contribution >= 0.6 is 0 Å². The lowest BCUT2D eigenvalue weighted by Gasteiger charge is -2.19. The number of carboxylic acids is 1. The third-order valence-electron chi connectivity index (χ3n) is 2.86. The molecule has 20 heavy (non-hydrogen) atoms. The number of nitriles is 1. The molecule has 0 radical (unpaired) electrons. The molecule has 1 aromatic carbocycles. The van der Waals surface area contributed by atoms with Crippen molar-refractivity contribution in [3.05, 3.63) is 47.7 Å². The van der Waals surface area contributed by atoms with Crippen LogP contribution in [0.2, 0.25) is 0 Å². The first-order valence-corrected chi connectivity index (χ1v) is 5.75. The predicted octanol–water partition coefficient (Wildman–Crippen LogP) is 2.00. The summed E-state index contributed by atoms with van der Waals surface area (Å²) in [5.74, 6) is -0.669. The van der Waals surface area contributed by atoms with Gasteiger partial charge in [-0.3, -0.25) is 0 Å². The molecule has 2 aromatic rings. The van der Waals surface area contributed by atoms with Crippen LogP contribution in [-0.4, -0.2) is 23.1 Å². The Labute approximate surface area is 115 Å². The number of benzene rings is 1. The number of nitrogens with zero attached hydrogens (tertiary/aromatic N) is 3. The molecule has 3 N–H and O–H groups in total. The van der Waals surface area contributed by atoms with Crippen molar-refractivity contribution in [2.75, 3.05) is 17.7 Å². The van der Waals surface area contributed by atoms with Crippen molar-refractivity contribution in [2.45, 2.75) is 0 Å².